The second-order valence-corrected chi connectivity index (χ2v) is 36.8. The van der Waals surface area contributed by atoms with Gasteiger partial charge in [-0.1, -0.05) is 146 Å². The summed E-state index contributed by atoms with van der Waals surface area (Å²) in [5.41, 5.74) is 27.2. The van der Waals surface area contributed by atoms with Gasteiger partial charge in [0.15, 0.2) is 24.7 Å². The third-order valence-corrected chi connectivity index (χ3v) is 29.3. The van der Waals surface area contributed by atoms with Crippen LogP contribution >= 0.6 is 0 Å². The van der Waals surface area contributed by atoms with Gasteiger partial charge >= 0.3 is 0 Å². The minimum absolute atomic E-state index is 0.419. The van der Waals surface area contributed by atoms with Crippen molar-refractivity contribution in [2.24, 2.45) is 47.3 Å². The summed E-state index contributed by atoms with van der Waals surface area (Å²) in [6.45, 7) is 33.7. The SMILES string of the molecule is Cc1cccc(C)c1NC1CC2C3NC(NC4C5C(Nc6c(C)cccc6C)C(Nc6c(C)cccc6C)C(Nc6c(C)cccc6C)C(Nc6c(C)cccc6C)C5C(NC5NC(NC6NC(N3)C3C(F)C(F)C(F)C(F)C63)C3C(F)C(F)C(F)C(F)C53)N4Nc3c(C)cccc3C)C2C(Nc2c(C)cccc2C)C1Nc1c(C)cccc1C. The van der Waals surface area contributed by atoms with Crippen molar-refractivity contribution in [3.8, 4) is 0 Å². The summed E-state index contributed by atoms with van der Waals surface area (Å²) >= 11 is 0. The number of hydrogen-bond acceptors (Lipinski definition) is 16. The van der Waals surface area contributed by atoms with Gasteiger partial charge in [0.25, 0.3) is 0 Å². The summed E-state index contributed by atoms with van der Waals surface area (Å²) in [5.74, 6) is -9.12. The van der Waals surface area contributed by atoms with Crippen molar-refractivity contribution < 1.29 is 35.1 Å². The van der Waals surface area contributed by atoms with E-state index in [1.165, 1.54) is 0 Å². The topological polar surface area (TPSA) is 184 Å². The molecule has 8 aromatic rings. The van der Waals surface area contributed by atoms with E-state index in [0.29, 0.717) is 6.42 Å². The number of para-hydroxylation sites is 8. The van der Waals surface area contributed by atoms with Gasteiger partial charge in [0.05, 0.1) is 91.3 Å². The molecule has 31 unspecified atom stereocenters. The van der Waals surface area contributed by atoms with Crippen LogP contribution in [-0.4, -0.2) is 146 Å². The van der Waals surface area contributed by atoms with Gasteiger partial charge in [-0.05, 0) is 212 Å². The van der Waals surface area contributed by atoms with Crippen LogP contribution in [0.25, 0.3) is 0 Å². The molecule has 31 atom stereocenters. The second kappa shape index (κ2) is 33.2. The van der Waals surface area contributed by atoms with E-state index >= 15 is 35.1 Å². The molecule has 0 amide bonds. The number of hydrazine groups is 1. The van der Waals surface area contributed by atoms with Crippen molar-refractivity contribution >= 4 is 45.5 Å². The summed E-state index contributed by atoms with van der Waals surface area (Å²) in [5, 5.41) is 59.6. The molecule has 8 aromatic carbocycles. The maximum atomic E-state index is 18.5. The lowest BCUT2D eigenvalue weighted by Crippen LogP contribution is -2.71. The molecule has 9 aliphatic rings. The van der Waals surface area contributed by atoms with E-state index in [9.17, 15) is 0 Å². The zero-order valence-corrected chi connectivity index (χ0v) is 71.4. The number of nitrogens with one attached hydrogen (secondary N) is 15. The average molecular weight is 1650 g/mol. The smallest absolute Gasteiger partial charge is 0.165 e. The van der Waals surface area contributed by atoms with E-state index in [0.717, 1.165) is 135 Å². The summed E-state index contributed by atoms with van der Waals surface area (Å²) in [7, 11) is 0. The van der Waals surface area contributed by atoms with Crippen molar-refractivity contribution in [1.82, 2.24) is 42.2 Å². The number of fused-ring (bicyclic) bond motifs is 20. The first kappa shape index (κ1) is 83.5. The highest BCUT2D eigenvalue weighted by atomic mass is 19.2. The molecule has 5 saturated heterocycles. The molecule has 0 spiro atoms. The summed E-state index contributed by atoms with van der Waals surface area (Å²) in [6.07, 6.45) is -31.2. The zero-order chi connectivity index (χ0) is 84.6. The first-order chi connectivity index (χ1) is 57.5. The Morgan fingerprint density at radius 1 is 0.225 bits per heavy atom. The van der Waals surface area contributed by atoms with E-state index in [-0.39, 0.29) is 0 Å². The van der Waals surface area contributed by atoms with Crippen LogP contribution < -0.4 is 79.9 Å². The van der Waals surface area contributed by atoms with Crippen molar-refractivity contribution in [3.63, 3.8) is 0 Å². The van der Waals surface area contributed by atoms with Gasteiger partial charge in [0, 0.05) is 87.3 Å². The van der Waals surface area contributed by atoms with Crippen LogP contribution in [0.2, 0.25) is 0 Å². The number of halogens is 8. The fraction of sp³-hybridized carbons (Fsp3) is 0.500. The normalized spacial score (nSPS) is 36.3. The number of aryl methyl sites for hydroxylation is 16. The molecule has 16 nitrogen and oxygen atoms in total. The first-order valence-electron chi connectivity index (χ1n) is 43.3. The van der Waals surface area contributed by atoms with Crippen LogP contribution in [0.1, 0.15) is 95.4 Å². The van der Waals surface area contributed by atoms with Crippen LogP contribution in [0.3, 0.4) is 0 Å². The van der Waals surface area contributed by atoms with E-state index in [4.69, 9.17) is 0 Å². The Kier molecular flexibility index (Phi) is 23.1. The molecule has 640 valence electrons. The lowest BCUT2D eigenvalue weighted by Gasteiger charge is -2.54. The van der Waals surface area contributed by atoms with E-state index in [1.807, 2.05) is 12.1 Å². The van der Waals surface area contributed by atoms with Gasteiger partial charge in [-0.2, -0.15) is 5.01 Å². The van der Waals surface area contributed by atoms with Crippen LogP contribution in [0.5, 0.6) is 0 Å². The molecular formula is C96H120F8N16. The molecular weight excluding hydrogens is 1530 g/mol. The van der Waals surface area contributed by atoms with Gasteiger partial charge in [-0.25, -0.2) is 35.1 Å². The number of hydrogen-bond donors (Lipinski definition) is 15. The molecule has 8 bridgehead atoms. The number of rotatable bonds is 16. The summed E-state index contributed by atoms with van der Waals surface area (Å²) in [6, 6.07) is 46.0. The largest absolute Gasteiger partial charge is 0.380 e. The Bertz CT molecular complexity index is 4930. The van der Waals surface area contributed by atoms with Crippen molar-refractivity contribution in [3.05, 3.63) is 235 Å². The number of nitrogens with zero attached hydrogens (tertiary/aromatic N) is 1. The molecule has 17 rings (SSSR count). The van der Waals surface area contributed by atoms with Crippen LogP contribution in [0.15, 0.2) is 146 Å². The highest BCUT2D eigenvalue weighted by Gasteiger charge is 2.70. The van der Waals surface area contributed by atoms with Crippen molar-refractivity contribution in [2.75, 3.05) is 42.6 Å². The maximum Gasteiger partial charge on any atom is 0.165 e. The van der Waals surface area contributed by atoms with E-state index < -0.39 is 188 Å². The van der Waals surface area contributed by atoms with E-state index in [1.54, 1.807) is 0 Å². The number of benzene rings is 8. The standard InChI is InChI=1S/C96H120F8N16/c1-42-25-17-26-43(2)75(42)105-59-41-58-60(84(107-77-46(5)29-19-30-47(77)6)83(59)106-76-44(3)27-18-28-45(76)4)90-112-89(58)113-91-61-62(68(98)72(102)71(101)67(61)97)92(114-91)115-93-63-64(70(100)74(104)73(103)69(63)99)94(116-93)118-96-66-65(95(117-90)120(96)119-82-56(15)39-24-40-57(82)16)85(108-78-48(7)31-20-32-49(78)8)87(110-80-52(11)35-22-36-53(80)12)88(111-81-54(13)37-23-38-55(81)14)86(66)109-79-50(9)33-21-34-51(79)10/h17-40,58-74,83-96,105-119H,41H2,1-16H3. The second-order valence-electron chi connectivity index (χ2n) is 36.8. The molecule has 4 saturated carbocycles. The molecule has 5 aliphatic heterocycles. The molecule has 5 heterocycles. The molecule has 0 radical (unpaired) electrons. The Morgan fingerprint density at radius 2 is 0.433 bits per heavy atom. The summed E-state index contributed by atoms with van der Waals surface area (Å²) in [4.78, 5) is 0. The van der Waals surface area contributed by atoms with Crippen LogP contribution in [-0.2, 0) is 0 Å². The minimum Gasteiger partial charge on any atom is -0.380 e. The van der Waals surface area contributed by atoms with Gasteiger partial charge in [-0.3, -0.25) is 37.2 Å². The summed E-state index contributed by atoms with van der Waals surface area (Å²) < 4.78 is 140. The maximum absolute atomic E-state index is 18.5. The Morgan fingerprint density at radius 3 is 0.708 bits per heavy atom. The minimum atomic E-state index is -2.94. The first-order valence-corrected chi connectivity index (χ1v) is 43.3. The molecule has 0 aromatic heterocycles. The fourth-order valence-electron chi connectivity index (χ4n) is 23.3. The van der Waals surface area contributed by atoms with Gasteiger partial charge in [-0.15, -0.1) is 0 Å². The average Bonchev–Trinajstić information content (AvgIpc) is 1.55. The van der Waals surface area contributed by atoms with Crippen LogP contribution in [0, 0.1) is 158 Å². The quantitative estimate of drug-likeness (QED) is 0.0410. The number of alkyl halides is 8. The van der Waals surface area contributed by atoms with Gasteiger partial charge in [0.1, 0.15) is 24.7 Å². The third kappa shape index (κ3) is 14.7. The molecule has 4 aliphatic carbocycles. The van der Waals surface area contributed by atoms with E-state index in [2.05, 4.69) is 329 Å². The van der Waals surface area contributed by atoms with Gasteiger partial charge in [0.2, 0.25) is 0 Å². The molecule has 15 N–H and O–H groups in total. The lowest BCUT2D eigenvalue weighted by molar-refractivity contribution is -0.0875. The molecule has 24 heteroatoms. The Labute approximate surface area is 702 Å². The number of anilines is 8. The highest BCUT2D eigenvalue weighted by molar-refractivity contribution is 5.68. The van der Waals surface area contributed by atoms with Crippen LogP contribution in [0.4, 0.5) is 80.6 Å². The predicted molar refractivity (Wildman–Crippen MR) is 469 cm³/mol. The molecule has 9 fully saturated rings. The lowest BCUT2D eigenvalue weighted by atomic mass is 9.66. The van der Waals surface area contributed by atoms with Gasteiger partial charge < -0.3 is 42.6 Å². The van der Waals surface area contributed by atoms with Crippen molar-refractivity contribution in [1.29, 1.82) is 0 Å². The third-order valence-electron chi connectivity index (χ3n) is 29.3. The zero-order valence-electron chi connectivity index (χ0n) is 71.4. The highest BCUT2D eigenvalue weighted by Crippen LogP contribution is 2.55. The Balaban J connectivity index is 0.972. The van der Waals surface area contributed by atoms with Crippen molar-refractivity contribution in [2.45, 2.75) is 258 Å². The molecule has 120 heavy (non-hydrogen) atoms. The Hall–Kier alpha value is -8.72. The monoisotopic (exact) mass is 1650 g/mol. The fourth-order valence-corrected chi connectivity index (χ4v) is 23.3. The predicted octanol–water partition coefficient (Wildman–Crippen LogP) is 16.5.